The van der Waals surface area contributed by atoms with Gasteiger partial charge in [-0.3, -0.25) is 9.59 Å². The fourth-order valence-electron chi connectivity index (χ4n) is 3.20. The van der Waals surface area contributed by atoms with Gasteiger partial charge in [-0.1, -0.05) is 31.5 Å². The quantitative estimate of drug-likeness (QED) is 0.907. The number of fused-ring (bicyclic) bond motifs is 1. The number of benzene rings is 2. The molecule has 4 nitrogen and oxygen atoms in total. The molecule has 1 aliphatic heterocycles. The molecule has 2 aromatic rings. The highest BCUT2D eigenvalue weighted by Gasteiger charge is 2.24. The van der Waals surface area contributed by atoms with E-state index in [0.29, 0.717) is 30.1 Å². The van der Waals surface area contributed by atoms with Gasteiger partial charge in [0.25, 0.3) is 11.8 Å². The highest BCUT2D eigenvalue weighted by molar-refractivity contribution is 6.07. The molecule has 2 amide bonds. The van der Waals surface area contributed by atoms with Crippen LogP contribution in [0.3, 0.4) is 0 Å². The number of aryl methyl sites for hydroxylation is 2. The lowest BCUT2D eigenvalue weighted by atomic mass is 9.98. The molecule has 0 radical (unpaired) electrons. The van der Waals surface area contributed by atoms with Crippen LogP contribution in [-0.4, -0.2) is 24.9 Å². The van der Waals surface area contributed by atoms with Gasteiger partial charge in [-0.15, -0.1) is 0 Å². The first-order valence-corrected chi connectivity index (χ1v) is 9.25. The fraction of sp³-hybridized carbons (Fsp3) is 0.364. The molecule has 26 heavy (non-hydrogen) atoms. The van der Waals surface area contributed by atoms with E-state index in [-0.39, 0.29) is 11.8 Å². The maximum Gasteiger partial charge on any atom is 0.258 e. The third-order valence-corrected chi connectivity index (χ3v) is 4.67. The minimum atomic E-state index is -0.0523. The Bertz CT molecular complexity index is 809. The van der Waals surface area contributed by atoms with E-state index < -0.39 is 0 Å². The number of carbonyl (C=O) groups is 2. The standard InChI is InChI=1S/C22H26N2O2/c1-15(2)14-23-21(25)19-10-11-20-18(13-19)5-4-12-24(20)22(26)17-8-6-16(3)7-9-17/h6-11,13,15H,4-5,12,14H2,1-3H3,(H,23,25). The van der Waals surface area contributed by atoms with Crippen molar-refractivity contribution >= 4 is 17.5 Å². The summed E-state index contributed by atoms with van der Waals surface area (Å²) in [7, 11) is 0. The van der Waals surface area contributed by atoms with Crippen molar-refractivity contribution in [3.05, 3.63) is 64.7 Å². The zero-order valence-corrected chi connectivity index (χ0v) is 15.7. The van der Waals surface area contributed by atoms with E-state index in [1.165, 1.54) is 0 Å². The Hall–Kier alpha value is -2.62. The molecule has 0 unspecified atom stereocenters. The Kier molecular flexibility index (Phi) is 5.40. The SMILES string of the molecule is Cc1ccc(C(=O)N2CCCc3cc(C(=O)NCC(C)C)ccc32)cc1. The molecular weight excluding hydrogens is 324 g/mol. The van der Waals surface area contributed by atoms with Crippen LogP contribution in [0, 0.1) is 12.8 Å². The second-order valence-electron chi connectivity index (χ2n) is 7.37. The molecule has 0 atom stereocenters. The number of amides is 2. The summed E-state index contributed by atoms with van der Waals surface area (Å²) >= 11 is 0. The number of anilines is 1. The molecule has 0 saturated carbocycles. The monoisotopic (exact) mass is 350 g/mol. The van der Waals surface area contributed by atoms with Crippen LogP contribution in [-0.2, 0) is 6.42 Å². The Morgan fingerprint density at radius 1 is 1.08 bits per heavy atom. The van der Waals surface area contributed by atoms with Crippen LogP contribution < -0.4 is 10.2 Å². The molecule has 1 heterocycles. The average Bonchev–Trinajstić information content (AvgIpc) is 2.65. The predicted octanol–water partition coefficient (Wildman–Crippen LogP) is 3.97. The topological polar surface area (TPSA) is 49.4 Å². The molecule has 0 bridgehead atoms. The predicted molar refractivity (Wildman–Crippen MR) is 105 cm³/mol. The summed E-state index contributed by atoms with van der Waals surface area (Å²) in [5, 5.41) is 2.95. The molecule has 0 aliphatic carbocycles. The van der Waals surface area contributed by atoms with E-state index in [9.17, 15) is 9.59 Å². The summed E-state index contributed by atoms with van der Waals surface area (Å²) < 4.78 is 0. The summed E-state index contributed by atoms with van der Waals surface area (Å²) in [6, 6.07) is 13.3. The first-order valence-electron chi connectivity index (χ1n) is 9.25. The lowest BCUT2D eigenvalue weighted by Crippen LogP contribution is -2.35. The summed E-state index contributed by atoms with van der Waals surface area (Å²) in [6.45, 7) is 7.52. The Morgan fingerprint density at radius 2 is 1.77 bits per heavy atom. The van der Waals surface area contributed by atoms with Gasteiger partial charge in [0, 0.05) is 29.9 Å². The van der Waals surface area contributed by atoms with Crippen LogP contribution in [0.4, 0.5) is 5.69 Å². The summed E-state index contributed by atoms with van der Waals surface area (Å²) in [5.74, 6) is 0.380. The maximum absolute atomic E-state index is 12.9. The fourth-order valence-corrected chi connectivity index (χ4v) is 3.20. The van der Waals surface area contributed by atoms with Gasteiger partial charge in [-0.05, 0) is 61.6 Å². The minimum Gasteiger partial charge on any atom is -0.352 e. The van der Waals surface area contributed by atoms with Crippen molar-refractivity contribution in [3.8, 4) is 0 Å². The van der Waals surface area contributed by atoms with E-state index >= 15 is 0 Å². The van der Waals surface area contributed by atoms with Crippen molar-refractivity contribution in [2.45, 2.75) is 33.6 Å². The van der Waals surface area contributed by atoms with Crippen molar-refractivity contribution in [2.24, 2.45) is 5.92 Å². The molecule has 0 spiro atoms. The second kappa shape index (κ2) is 7.73. The molecule has 0 fully saturated rings. The normalized spacial score (nSPS) is 13.5. The number of nitrogens with zero attached hydrogens (tertiary/aromatic N) is 1. The van der Waals surface area contributed by atoms with E-state index in [1.54, 1.807) is 0 Å². The van der Waals surface area contributed by atoms with Gasteiger partial charge < -0.3 is 10.2 Å². The number of nitrogens with one attached hydrogen (secondary N) is 1. The number of carbonyl (C=O) groups excluding carboxylic acids is 2. The second-order valence-corrected chi connectivity index (χ2v) is 7.37. The smallest absolute Gasteiger partial charge is 0.258 e. The summed E-state index contributed by atoms with van der Waals surface area (Å²) in [5.41, 5.74) is 4.48. The first kappa shape index (κ1) is 18.2. The molecule has 0 saturated heterocycles. The van der Waals surface area contributed by atoms with Crippen molar-refractivity contribution < 1.29 is 9.59 Å². The van der Waals surface area contributed by atoms with E-state index in [1.807, 2.05) is 54.3 Å². The van der Waals surface area contributed by atoms with Gasteiger partial charge in [-0.2, -0.15) is 0 Å². The van der Waals surface area contributed by atoms with Gasteiger partial charge in [-0.25, -0.2) is 0 Å². The molecule has 4 heteroatoms. The van der Waals surface area contributed by atoms with Gasteiger partial charge in [0.2, 0.25) is 0 Å². The van der Waals surface area contributed by atoms with Crippen molar-refractivity contribution in [1.29, 1.82) is 0 Å². The average molecular weight is 350 g/mol. The molecule has 3 rings (SSSR count). The van der Waals surface area contributed by atoms with Gasteiger partial charge >= 0.3 is 0 Å². The molecule has 0 aromatic heterocycles. The summed E-state index contributed by atoms with van der Waals surface area (Å²) in [6.07, 6.45) is 1.79. The molecule has 2 aromatic carbocycles. The van der Waals surface area contributed by atoms with Crippen LogP contribution in [0.5, 0.6) is 0 Å². The maximum atomic E-state index is 12.9. The molecule has 136 valence electrons. The zero-order chi connectivity index (χ0) is 18.7. The van der Waals surface area contributed by atoms with Crippen LogP contribution in [0.15, 0.2) is 42.5 Å². The highest BCUT2D eigenvalue weighted by atomic mass is 16.2. The van der Waals surface area contributed by atoms with E-state index in [2.05, 4.69) is 19.2 Å². The highest BCUT2D eigenvalue weighted by Crippen LogP contribution is 2.29. The van der Waals surface area contributed by atoms with Crippen molar-refractivity contribution in [3.63, 3.8) is 0 Å². The zero-order valence-electron chi connectivity index (χ0n) is 15.7. The van der Waals surface area contributed by atoms with E-state index in [4.69, 9.17) is 0 Å². The van der Waals surface area contributed by atoms with Crippen LogP contribution in [0.2, 0.25) is 0 Å². The first-order chi connectivity index (χ1) is 12.5. The van der Waals surface area contributed by atoms with Crippen molar-refractivity contribution in [2.75, 3.05) is 18.0 Å². The largest absolute Gasteiger partial charge is 0.352 e. The van der Waals surface area contributed by atoms with Gasteiger partial charge in [0.15, 0.2) is 0 Å². The van der Waals surface area contributed by atoms with Crippen LogP contribution >= 0.6 is 0 Å². The minimum absolute atomic E-state index is 0.0166. The van der Waals surface area contributed by atoms with Gasteiger partial charge in [0.05, 0.1) is 0 Å². The lowest BCUT2D eigenvalue weighted by Gasteiger charge is -2.30. The van der Waals surface area contributed by atoms with Crippen LogP contribution in [0.25, 0.3) is 0 Å². The summed E-state index contributed by atoms with van der Waals surface area (Å²) in [4.78, 5) is 27.1. The lowest BCUT2D eigenvalue weighted by molar-refractivity contribution is 0.0948. The Labute approximate surface area is 155 Å². The van der Waals surface area contributed by atoms with Crippen LogP contribution in [0.1, 0.15) is 52.1 Å². The third kappa shape index (κ3) is 3.96. The molecule has 1 N–H and O–H groups in total. The Balaban J connectivity index is 1.83. The Morgan fingerprint density at radius 3 is 2.46 bits per heavy atom. The van der Waals surface area contributed by atoms with Gasteiger partial charge in [0.1, 0.15) is 0 Å². The van der Waals surface area contributed by atoms with E-state index in [0.717, 1.165) is 29.7 Å². The molecular formula is C22H26N2O2. The number of hydrogen-bond donors (Lipinski definition) is 1. The number of rotatable bonds is 4. The number of hydrogen-bond acceptors (Lipinski definition) is 2. The molecule has 1 aliphatic rings. The van der Waals surface area contributed by atoms with Crippen molar-refractivity contribution in [1.82, 2.24) is 5.32 Å². The third-order valence-electron chi connectivity index (χ3n) is 4.67.